The van der Waals surface area contributed by atoms with Crippen LogP contribution in [0.1, 0.15) is 12.8 Å². The monoisotopic (exact) mass is 372 g/mol. The van der Waals surface area contributed by atoms with Crippen LogP contribution >= 0.6 is 0 Å². The normalized spacial score (nSPS) is 11.6. The van der Waals surface area contributed by atoms with Crippen LogP contribution in [0, 0.1) is 12.2 Å². The molecule has 0 saturated carbocycles. The Kier molecular flexibility index (Phi) is 20.6. The Bertz CT molecular complexity index is 383. The van der Waals surface area contributed by atoms with Crippen molar-refractivity contribution in [1.82, 2.24) is 0 Å². The van der Waals surface area contributed by atoms with Crippen LogP contribution in [0.5, 0.6) is 0 Å². The summed E-state index contributed by atoms with van der Waals surface area (Å²) >= 11 is 0. The van der Waals surface area contributed by atoms with E-state index in [2.05, 4.69) is 24.3 Å². The van der Waals surface area contributed by atoms with Gasteiger partial charge in [0.25, 0.3) is 0 Å². The van der Waals surface area contributed by atoms with Gasteiger partial charge in [-0.15, -0.1) is 12.8 Å². The van der Waals surface area contributed by atoms with Gasteiger partial charge >= 0.3 is 34.1 Å². The summed E-state index contributed by atoms with van der Waals surface area (Å²) in [7, 11) is 0. The third kappa shape index (κ3) is 16.8. The van der Waals surface area contributed by atoms with E-state index in [4.69, 9.17) is 0 Å². The predicted molar refractivity (Wildman–Crippen MR) is 87.2 cm³/mol. The first kappa shape index (κ1) is 23.0. The van der Waals surface area contributed by atoms with Crippen LogP contribution in [0.3, 0.4) is 0 Å². The standard InChI is InChI=1S/4C5H5.2Fe/c4*1-2-4-5-3-1;;/h2*1-3H,4H2;2*1-5H;;/q4*-1;2*+2. The average molecular weight is 372 g/mol. The zero-order valence-corrected chi connectivity index (χ0v) is 14.6. The number of rotatable bonds is 0. The van der Waals surface area contributed by atoms with Crippen LogP contribution in [0.4, 0.5) is 0 Å². The molecule has 0 heterocycles. The Morgan fingerprint density at radius 1 is 0.591 bits per heavy atom. The summed E-state index contributed by atoms with van der Waals surface area (Å²) in [6.07, 6.45) is 20.0. The van der Waals surface area contributed by atoms with Gasteiger partial charge in [-0.1, -0.05) is 0 Å². The first-order valence-corrected chi connectivity index (χ1v) is 6.77. The molecular formula is C20H20Fe2. The van der Waals surface area contributed by atoms with Crippen molar-refractivity contribution in [3.8, 4) is 0 Å². The first-order chi connectivity index (χ1) is 10.0. The van der Waals surface area contributed by atoms with Crippen molar-refractivity contribution in [2.24, 2.45) is 0 Å². The van der Waals surface area contributed by atoms with Crippen molar-refractivity contribution >= 4 is 0 Å². The number of allylic oxidation sites excluding steroid dienone is 8. The molecule has 0 atom stereocenters. The van der Waals surface area contributed by atoms with Crippen molar-refractivity contribution < 1.29 is 34.1 Å². The molecule has 2 heteroatoms. The molecule has 0 aliphatic heterocycles. The Labute approximate surface area is 156 Å². The third-order valence-electron chi connectivity index (χ3n) is 2.28. The molecule has 0 unspecified atom stereocenters. The molecule has 0 spiro atoms. The van der Waals surface area contributed by atoms with E-state index in [1.807, 2.05) is 85.0 Å². The molecule has 22 heavy (non-hydrogen) atoms. The van der Waals surface area contributed by atoms with Crippen molar-refractivity contribution in [1.29, 1.82) is 0 Å². The third-order valence-corrected chi connectivity index (χ3v) is 2.28. The van der Waals surface area contributed by atoms with Crippen LogP contribution in [0.25, 0.3) is 0 Å². The van der Waals surface area contributed by atoms with E-state index in [-0.39, 0.29) is 34.1 Å². The summed E-state index contributed by atoms with van der Waals surface area (Å²) in [4.78, 5) is 0. The van der Waals surface area contributed by atoms with Gasteiger partial charge in [-0.2, -0.15) is 48.6 Å². The van der Waals surface area contributed by atoms with Crippen LogP contribution in [0.2, 0.25) is 0 Å². The second-order valence-corrected chi connectivity index (χ2v) is 3.93. The van der Waals surface area contributed by atoms with E-state index in [0.29, 0.717) is 0 Å². The second kappa shape index (κ2) is 19.7. The number of hydrogen-bond donors (Lipinski definition) is 0. The minimum Gasteiger partial charge on any atom is -0.273 e. The van der Waals surface area contributed by atoms with Gasteiger partial charge in [0.1, 0.15) is 0 Å². The molecule has 0 bridgehead atoms. The van der Waals surface area contributed by atoms with Gasteiger partial charge in [-0.25, -0.2) is 48.6 Å². The molecule has 2 aliphatic carbocycles. The summed E-state index contributed by atoms with van der Waals surface area (Å²) in [6.45, 7) is 0. The van der Waals surface area contributed by atoms with Crippen LogP contribution in [0.15, 0.2) is 97.1 Å². The molecular weight excluding hydrogens is 352 g/mol. The first-order valence-electron chi connectivity index (χ1n) is 6.77. The molecule has 2 aromatic rings. The van der Waals surface area contributed by atoms with Crippen LogP contribution < -0.4 is 0 Å². The Morgan fingerprint density at radius 2 is 0.955 bits per heavy atom. The fourth-order valence-corrected chi connectivity index (χ4v) is 1.32. The molecule has 116 valence electrons. The molecule has 0 N–H and O–H groups in total. The molecule has 4 rings (SSSR count). The molecule has 0 amide bonds. The maximum Gasteiger partial charge on any atom is 2.00 e. The molecule has 0 fully saturated rings. The van der Waals surface area contributed by atoms with E-state index in [9.17, 15) is 0 Å². The zero-order chi connectivity index (χ0) is 14.1. The topological polar surface area (TPSA) is 0 Å². The molecule has 0 radical (unpaired) electrons. The Morgan fingerprint density at radius 3 is 1.05 bits per heavy atom. The van der Waals surface area contributed by atoms with E-state index in [1.54, 1.807) is 0 Å². The van der Waals surface area contributed by atoms with Crippen molar-refractivity contribution in [2.75, 3.05) is 0 Å². The summed E-state index contributed by atoms with van der Waals surface area (Å²) in [5.41, 5.74) is 0. The molecule has 2 aliphatic rings. The van der Waals surface area contributed by atoms with Gasteiger partial charge < -0.3 is 0 Å². The zero-order valence-electron chi connectivity index (χ0n) is 12.4. The van der Waals surface area contributed by atoms with Crippen molar-refractivity contribution in [3.63, 3.8) is 0 Å². The maximum absolute atomic E-state index is 2.99. The van der Waals surface area contributed by atoms with Gasteiger partial charge in [0.15, 0.2) is 0 Å². The van der Waals surface area contributed by atoms with Gasteiger partial charge in [-0.05, 0) is 0 Å². The number of hydrogen-bond acceptors (Lipinski definition) is 0. The van der Waals surface area contributed by atoms with Crippen molar-refractivity contribution in [2.45, 2.75) is 12.8 Å². The maximum atomic E-state index is 2.99. The molecule has 0 saturated heterocycles. The summed E-state index contributed by atoms with van der Waals surface area (Å²) in [5, 5.41) is 0. The summed E-state index contributed by atoms with van der Waals surface area (Å²) in [5.74, 6) is 0. The SMILES string of the molecule is [C-]1=CC=CC1.[C-]1=CC=CC1.[Fe+2].[Fe+2].c1cc[cH-]c1.c1cc[cH-]c1. The van der Waals surface area contributed by atoms with E-state index >= 15 is 0 Å². The van der Waals surface area contributed by atoms with E-state index in [1.165, 1.54) is 0 Å². The fraction of sp³-hybridized carbons (Fsp3) is 0.100. The Hall–Kier alpha value is -1.30. The molecule has 0 aromatic heterocycles. The van der Waals surface area contributed by atoms with Gasteiger partial charge in [0.05, 0.1) is 0 Å². The Balaban J connectivity index is 0. The quantitative estimate of drug-likeness (QED) is 0.428. The van der Waals surface area contributed by atoms with Crippen LogP contribution in [-0.2, 0) is 34.1 Å². The summed E-state index contributed by atoms with van der Waals surface area (Å²) < 4.78 is 0. The van der Waals surface area contributed by atoms with Crippen molar-refractivity contribution in [3.05, 3.63) is 109 Å². The summed E-state index contributed by atoms with van der Waals surface area (Å²) in [6, 6.07) is 20.0. The van der Waals surface area contributed by atoms with Crippen LogP contribution in [-0.4, -0.2) is 0 Å². The smallest absolute Gasteiger partial charge is 0.273 e. The average Bonchev–Trinajstić information content (AvgIpc) is 3.40. The largest absolute Gasteiger partial charge is 2.00 e. The minimum atomic E-state index is 0. The van der Waals surface area contributed by atoms with Gasteiger partial charge in [0, 0.05) is 0 Å². The molecule has 2 aromatic carbocycles. The van der Waals surface area contributed by atoms with Gasteiger partial charge in [0.2, 0.25) is 0 Å². The predicted octanol–water partition coefficient (Wildman–Crippen LogP) is 5.42. The molecule has 0 nitrogen and oxygen atoms in total. The van der Waals surface area contributed by atoms with E-state index < -0.39 is 0 Å². The minimum absolute atomic E-state index is 0. The van der Waals surface area contributed by atoms with E-state index in [0.717, 1.165) is 12.8 Å². The second-order valence-electron chi connectivity index (χ2n) is 3.93. The van der Waals surface area contributed by atoms with Gasteiger partial charge in [-0.3, -0.25) is 12.2 Å². The fourth-order valence-electron chi connectivity index (χ4n) is 1.32.